The largest absolute Gasteiger partial charge is 0.478 e. The summed E-state index contributed by atoms with van der Waals surface area (Å²) in [5.41, 5.74) is 1.71. The lowest BCUT2D eigenvalue weighted by atomic mass is 10.1. The molecular formula is C15H20ClNO2. The molecule has 104 valence electrons. The van der Waals surface area contributed by atoms with Crippen LogP contribution in [0.5, 0.6) is 0 Å². The monoisotopic (exact) mass is 281 g/mol. The van der Waals surface area contributed by atoms with Crippen molar-refractivity contribution in [3.8, 4) is 0 Å². The molecule has 1 rings (SSSR count). The van der Waals surface area contributed by atoms with E-state index in [9.17, 15) is 4.79 Å². The molecule has 0 aliphatic rings. The van der Waals surface area contributed by atoms with Gasteiger partial charge in [0.05, 0.1) is 10.7 Å². The summed E-state index contributed by atoms with van der Waals surface area (Å²) in [6.07, 6.45) is 6.16. The Bertz CT molecular complexity index is 457. The number of hydrogen-bond donors (Lipinski definition) is 1. The fraction of sp³-hybridized carbons (Fsp3) is 0.400. The molecule has 0 aromatic heterocycles. The smallest absolute Gasteiger partial charge is 0.328 e. The number of anilines is 1. The van der Waals surface area contributed by atoms with Crippen LogP contribution in [0.3, 0.4) is 0 Å². The van der Waals surface area contributed by atoms with Crippen molar-refractivity contribution in [3.63, 3.8) is 0 Å². The van der Waals surface area contributed by atoms with E-state index in [2.05, 4.69) is 11.8 Å². The second-order valence-corrected chi connectivity index (χ2v) is 4.89. The highest BCUT2D eigenvalue weighted by Gasteiger charge is 2.10. The predicted molar refractivity (Wildman–Crippen MR) is 80.9 cm³/mol. The Morgan fingerprint density at radius 1 is 1.42 bits per heavy atom. The van der Waals surface area contributed by atoms with E-state index in [4.69, 9.17) is 16.7 Å². The van der Waals surface area contributed by atoms with E-state index in [1.807, 2.05) is 25.2 Å². The van der Waals surface area contributed by atoms with Gasteiger partial charge in [-0.05, 0) is 24.1 Å². The molecule has 1 N–H and O–H groups in total. The Kier molecular flexibility index (Phi) is 6.43. The van der Waals surface area contributed by atoms with Crippen molar-refractivity contribution < 1.29 is 9.90 Å². The molecule has 0 aliphatic carbocycles. The van der Waals surface area contributed by atoms with Crippen LogP contribution in [0.4, 0.5) is 5.69 Å². The molecule has 0 bridgehead atoms. The summed E-state index contributed by atoms with van der Waals surface area (Å²) in [5, 5.41) is 9.36. The van der Waals surface area contributed by atoms with Crippen LogP contribution in [-0.4, -0.2) is 24.7 Å². The maximum atomic E-state index is 10.6. The first-order valence-electron chi connectivity index (χ1n) is 6.47. The first-order chi connectivity index (χ1) is 9.06. The van der Waals surface area contributed by atoms with E-state index in [-0.39, 0.29) is 0 Å². The number of hydrogen-bond acceptors (Lipinski definition) is 2. The van der Waals surface area contributed by atoms with Crippen molar-refractivity contribution in [2.45, 2.75) is 26.2 Å². The maximum Gasteiger partial charge on any atom is 0.328 e. The molecule has 4 heteroatoms. The lowest BCUT2D eigenvalue weighted by Gasteiger charge is -2.22. The quantitative estimate of drug-likeness (QED) is 0.605. The topological polar surface area (TPSA) is 40.5 Å². The lowest BCUT2D eigenvalue weighted by Crippen LogP contribution is -2.19. The molecule has 0 aliphatic heterocycles. The molecule has 19 heavy (non-hydrogen) atoms. The van der Waals surface area contributed by atoms with Gasteiger partial charge in [0.2, 0.25) is 0 Å². The molecular weight excluding hydrogens is 262 g/mol. The summed E-state index contributed by atoms with van der Waals surface area (Å²) in [5.74, 6) is -0.959. The standard InChI is InChI=1S/C15H20ClNO2/c1-3-4-5-11-17(2)15-12(9-10-14(18)19)7-6-8-13(15)16/h6-10H,3-5,11H2,1-2H3,(H,18,19)/b10-9+. The Hall–Kier alpha value is -1.48. The molecule has 0 fully saturated rings. The zero-order chi connectivity index (χ0) is 14.3. The average Bonchev–Trinajstić information content (AvgIpc) is 2.36. The summed E-state index contributed by atoms with van der Waals surface area (Å²) >= 11 is 6.23. The van der Waals surface area contributed by atoms with Crippen LogP contribution in [0, 0.1) is 0 Å². The first-order valence-corrected chi connectivity index (χ1v) is 6.84. The van der Waals surface area contributed by atoms with Gasteiger partial charge in [-0.3, -0.25) is 0 Å². The van der Waals surface area contributed by atoms with Crippen molar-refractivity contribution in [2.75, 3.05) is 18.5 Å². The van der Waals surface area contributed by atoms with Gasteiger partial charge in [0.1, 0.15) is 0 Å². The number of aliphatic carboxylic acids is 1. The summed E-state index contributed by atoms with van der Waals surface area (Å²) in [4.78, 5) is 12.7. The molecule has 0 radical (unpaired) electrons. The second kappa shape index (κ2) is 7.85. The van der Waals surface area contributed by atoms with Gasteiger partial charge >= 0.3 is 5.97 Å². The number of nitrogens with zero attached hydrogens (tertiary/aromatic N) is 1. The predicted octanol–water partition coefficient (Wildman–Crippen LogP) is 4.06. The van der Waals surface area contributed by atoms with E-state index in [0.717, 1.165) is 30.3 Å². The van der Waals surface area contributed by atoms with Gasteiger partial charge in [-0.25, -0.2) is 4.79 Å². The molecule has 1 aromatic carbocycles. The highest BCUT2D eigenvalue weighted by atomic mass is 35.5. The minimum Gasteiger partial charge on any atom is -0.478 e. The molecule has 0 amide bonds. The van der Waals surface area contributed by atoms with Crippen LogP contribution in [0.2, 0.25) is 5.02 Å². The van der Waals surface area contributed by atoms with Gasteiger partial charge in [0.15, 0.2) is 0 Å². The van der Waals surface area contributed by atoms with Crippen LogP contribution in [0.25, 0.3) is 6.08 Å². The molecule has 1 aromatic rings. The summed E-state index contributed by atoms with van der Waals surface area (Å²) in [6.45, 7) is 3.07. The van der Waals surface area contributed by atoms with Gasteiger partial charge in [-0.15, -0.1) is 0 Å². The minimum atomic E-state index is -0.959. The third kappa shape index (κ3) is 4.95. The van der Waals surface area contributed by atoms with Crippen molar-refractivity contribution >= 4 is 29.3 Å². The van der Waals surface area contributed by atoms with Crippen LogP contribution < -0.4 is 4.90 Å². The number of unbranched alkanes of at least 4 members (excludes halogenated alkanes) is 2. The average molecular weight is 282 g/mol. The number of carboxylic acid groups (broad SMARTS) is 1. The third-order valence-electron chi connectivity index (χ3n) is 2.90. The van der Waals surface area contributed by atoms with Gasteiger partial charge < -0.3 is 10.0 Å². The minimum absolute atomic E-state index is 0.645. The van der Waals surface area contributed by atoms with E-state index >= 15 is 0 Å². The normalized spacial score (nSPS) is 10.9. The number of halogens is 1. The fourth-order valence-electron chi connectivity index (χ4n) is 1.94. The molecule has 0 saturated carbocycles. The van der Waals surface area contributed by atoms with E-state index < -0.39 is 5.97 Å². The molecule has 0 spiro atoms. The van der Waals surface area contributed by atoms with Crippen LogP contribution in [-0.2, 0) is 4.79 Å². The number of carboxylic acids is 1. The molecule has 0 atom stereocenters. The number of rotatable bonds is 7. The Morgan fingerprint density at radius 2 is 2.16 bits per heavy atom. The van der Waals surface area contributed by atoms with Crippen molar-refractivity contribution in [2.24, 2.45) is 0 Å². The number of carbonyl (C=O) groups is 1. The molecule has 0 saturated heterocycles. The van der Waals surface area contributed by atoms with Crippen LogP contribution >= 0.6 is 11.6 Å². The zero-order valence-electron chi connectivity index (χ0n) is 11.4. The molecule has 0 unspecified atom stereocenters. The van der Waals surface area contributed by atoms with Crippen molar-refractivity contribution in [3.05, 3.63) is 34.9 Å². The Labute approximate surface area is 119 Å². The number of para-hydroxylation sites is 1. The van der Waals surface area contributed by atoms with Gasteiger partial charge in [0, 0.05) is 19.7 Å². The maximum absolute atomic E-state index is 10.6. The summed E-state index contributed by atoms with van der Waals surface area (Å²) < 4.78 is 0. The number of benzene rings is 1. The van der Waals surface area contributed by atoms with Crippen LogP contribution in [0.15, 0.2) is 24.3 Å². The Balaban J connectivity index is 2.93. The molecule has 3 nitrogen and oxygen atoms in total. The highest BCUT2D eigenvalue weighted by Crippen LogP contribution is 2.30. The van der Waals surface area contributed by atoms with Crippen molar-refractivity contribution in [1.82, 2.24) is 0 Å². The van der Waals surface area contributed by atoms with E-state index in [0.29, 0.717) is 5.02 Å². The fourth-order valence-corrected chi connectivity index (χ4v) is 2.27. The van der Waals surface area contributed by atoms with Gasteiger partial charge in [-0.1, -0.05) is 43.5 Å². The first kappa shape index (κ1) is 15.6. The molecule has 0 heterocycles. The third-order valence-corrected chi connectivity index (χ3v) is 3.21. The van der Waals surface area contributed by atoms with E-state index in [1.54, 1.807) is 6.08 Å². The zero-order valence-corrected chi connectivity index (χ0v) is 12.2. The van der Waals surface area contributed by atoms with E-state index in [1.165, 1.54) is 12.8 Å². The highest BCUT2D eigenvalue weighted by molar-refractivity contribution is 6.33. The summed E-state index contributed by atoms with van der Waals surface area (Å²) in [6, 6.07) is 5.52. The van der Waals surface area contributed by atoms with Gasteiger partial charge in [-0.2, -0.15) is 0 Å². The second-order valence-electron chi connectivity index (χ2n) is 4.48. The Morgan fingerprint density at radius 3 is 2.79 bits per heavy atom. The lowest BCUT2D eigenvalue weighted by molar-refractivity contribution is -0.131. The summed E-state index contributed by atoms with van der Waals surface area (Å²) in [7, 11) is 1.98. The SMILES string of the molecule is CCCCCN(C)c1c(Cl)cccc1/C=C/C(=O)O. The van der Waals surface area contributed by atoms with Crippen LogP contribution in [0.1, 0.15) is 31.7 Å². The van der Waals surface area contributed by atoms with Crippen molar-refractivity contribution in [1.29, 1.82) is 0 Å². The van der Waals surface area contributed by atoms with Gasteiger partial charge in [0.25, 0.3) is 0 Å².